The van der Waals surface area contributed by atoms with Crippen LogP contribution in [0.4, 0.5) is 5.82 Å². The van der Waals surface area contributed by atoms with Crippen molar-refractivity contribution in [3.8, 4) is 0 Å². The Hall–Kier alpha value is -2.43. The van der Waals surface area contributed by atoms with Crippen LogP contribution in [0.3, 0.4) is 0 Å². The third kappa shape index (κ3) is 1.91. The van der Waals surface area contributed by atoms with Crippen LogP contribution >= 0.6 is 0 Å². The molecule has 102 valence electrons. The molecule has 1 aliphatic heterocycles. The number of aryl methyl sites for hydroxylation is 2. The maximum Gasteiger partial charge on any atom is 0.265 e. The zero-order chi connectivity index (χ0) is 14.3. The molecule has 1 N–H and O–H groups in total. The number of fused-ring (bicyclic) bond motifs is 1. The highest BCUT2D eigenvalue weighted by Gasteiger charge is 2.36. The second kappa shape index (κ2) is 4.59. The van der Waals surface area contributed by atoms with Crippen molar-refractivity contribution < 1.29 is 9.59 Å². The van der Waals surface area contributed by atoms with Crippen molar-refractivity contribution in [3.63, 3.8) is 0 Å². The van der Waals surface area contributed by atoms with Crippen LogP contribution in [0.2, 0.25) is 0 Å². The predicted molar refractivity (Wildman–Crippen MR) is 74.8 cm³/mol. The van der Waals surface area contributed by atoms with Gasteiger partial charge in [0.2, 0.25) is 5.91 Å². The van der Waals surface area contributed by atoms with Gasteiger partial charge in [-0.1, -0.05) is 36.8 Å². The monoisotopic (exact) mass is 269 g/mol. The van der Waals surface area contributed by atoms with Gasteiger partial charge in [-0.3, -0.25) is 9.59 Å². The summed E-state index contributed by atoms with van der Waals surface area (Å²) in [7, 11) is 0. The number of rotatable bonds is 2. The van der Waals surface area contributed by atoms with Gasteiger partial charge in [-0.15, -0.1) is 0 Å². The highest BCUT2D eigenvalue weighted by molar-refractivity contribution is 6.15. The molecule has 1 atom stereocenters. The molecule has 2 aromatic rings. The quantitative estimate of drug-likeness (QED) is 0.849. The Morgan fingerprint density at radius 3 is 2.60 bits per heavy atom. The van der Waals surface area contributed by atoms with Gasteiger partial charge < -0.3 is 5.32 Å². The van der Waals surface area contributed by atoms with E-state index < -0.39 is 5.92 Å². The van der Waals surface area contributed by atoms with Gasteiger partial charge in [0.15, 0.2) is 0 Å². The Balaban J connectivity index is 2.03. The molecule has 1 aliphatic rings. The zero-order valence-electron chi connectivity index (χ0n) is 11.4. The van der Waals surface area contributed by atoms with E-state index in [1.54, 1.807) is 6.07 Å². The van der Waals surface area contributed by atoms with Gasteiger partial charge >= 0.3 is 0 Å². The van der Waals surface area contributed by atoms with Crippen LogP contribution in [0.25, 0.3) is 0 Å². The number of anilines is 1. The summed E-state index contributed by atoms with van der Waals surface area (Å²) in [6, 6.07) is 9.15. The van der Waals surface area contributed by atoms with Crippen molar-refractivity contribution in [1.82, 2.24) is 9.78 Å². The molecule has 3 rings (SSSR count). The minimum Gasteiger partial charge on any atom is -0.309 e. The topological polar surface area (TPSA) is 64.0 Å². The molecule has 20 heavy (non-hydrogen) atoms. The number of benzene rings is 1. The van der Waals surface area contributed by atoms with E-state index in [2.05, 4.69) is 10.4 Å². The van der Waals surface area contributed by atoms with E-state index in [1.807, 2.05) is 38.1 Å². The first-order chi connectivity index (χ1) is 9.60. The van der Waals surface area contributed by atoms with Gasteiger partial charge in [0, 0.05) is 6.07 Å². The first kappa shape index (κ1) is 12.6. The number of nitrogens with one attached hydrogen (secondary N) is 1. The lowest BCUT2D eigenvalue weighted by molar-refractivity contribution is -0.117. The van der Waals surface area contributed by atoms with Gasteiger partial charge in [-0.05, 0) is 18.9 Å². The normalized spacial score (nSPS) is 17.8. The van der Waals surface area contributed by atoms with Crippen molar-refractivity contribution in [2.24, 2.45) is 0 Å². The average molecular weight is 269 g/mol. The summed E-state index contributed by atoms with van der Waals surface area (Å²) < 4.78 is 1.30. The molecule has 0 aliphatic carbocycles. The summed E-state index contributed by atoms with van der Waals surface area (Å²) >= 11 is 0. The Labute approximate surface area is 116 Å². The average Bonchev–Trinajstić information content (AvgIpc) is 2.84. The Morgan fingerprint density at radius 1 is 1.25 bits per heavy atom. The molecule has 2 heterocycles. The molecule has 0 saturated heterocycles. The molecule has 0 fully saturated rings. The second-order valence-corrected chi connectivity index (χ2v) is 4.96. The minimum absolute atomic E-state index is 0.297. The molecule has 5 heteroatoms. The van der Waals surface area contributed by atoms with Crippen molar-refractivity contribution in [2.45, 2.75) is 26.2 Å². The molecule has 0 saturated carbocycles. The van der Waals surface area contributed by atoms with E-state index >= 15 is 0 Å². The van der Waals surface area contributed by atoms with Gasteiger partial charge in [-0.25, -0.2) is 0 Å². The molecule has 0 spiro atoms. The van der Waals surface area contributed by atoms with Crippen molar-refractivity contribution in [3.05, 3.63) is 47.2 Å². The number of nitrogens with zero attached hydrogens (tertiary/aromatic N) is 2. The number of carbonyl (C=O) groups excluding carboxylic acids is 2. The van der Waals surface area contributed by atoms with Crippen LogP contribution in [-0.2, 0) is 11.2 Å². The van der Waals surface area contributed by atoms with E-state index in [1.165, 1.54) is 4.68 Å². The molecule has 5 nitrogen and oxygen atoms in total. The van der Waals surface area contributed by atoms with Gasteiger partial charge in [0.05, 0.1) is 5.69 Å². The summed E-state index contributed by atoms with van der Waals surface area (Å²) in [5.74, 6) is -0.964. The lowest BCUT2D eigenvalue weighted by Crippen LogP contribution is -2.38. The first-order valence-electron chi connectivity index (χ1n) is 6.60. The molecule has 1 unspecified atom stereocenters. The molecule has 1 aromatic heterocycles. The highest BCUT2D eigenvalue weighted by Crippen LogP contribution is 2.27. The van der Waals surface area contributed by atoms with E-state index in [9.17, 15) is 9.59 Å². The predicted octanol–water partition coefficient (Wildman–Crippen LogP) is 2.13. The first-order valence-corrected chi connectivity index (χ1v) is 6.60. The largest absolute Gasteiger partial charge is 0.309 e. The SMILES string of the molecule is CCc1cc2n(n1)C(=O)C(c1ccc(C)cc1)C(=O)N2. The molecule has 1 amide bonds. The second-order valence-electron chi connectivity index (χ2n) is 4.96. The standard InChI is InChI=1S/C15H15N3O2/c1-3-11-8-12-16-14(19)13(15(20)18(12)17-11)10-6-4-9(2)5-7-10/h4-8,13H,3H2,1-2H3,(H,16,19). The minimum atomic E-state index is -0.826. The number of hydrogen-bond donors (Lipinski definition) is 1. The van der Waals surface area contributed by atoms with E-state index in [-0.39, 0.29) is 11.8 Å². The number of amides is 1. The molecule has 0 radical (unpaired) electrons. The van der Waals surface area contributed by atoms with E-state index in [0.717, 1.165) is 17.7 Å². The fourth-order valence-electron chi connectivity index (χ4n) is 2.35. The van der Waals surface area contributed by atoms with E-state index in [4.69, 9.17) is 0 Å². The Bertz CT molecular complexity index is 686. The molecular formula is C15H15N3O2. The van der Waals surface area contributed by atoms with Gasteiger partial charge in [-0.2, -0.15) is 9.78 Å². The van der Waals surface area contributed by atoms with Crippen LogP contribution in [0.5, 0.6) is 0 Å². The van der Waals surface area contributed by atoms with Crippen LogP contribution in [0.15, 0.2) is 30.3 Å². The number of aromatic nitrogens is 2. The number of hydrogen-bond acceptors (Lipinski definition) is 3. The third-order valence-corrected chi connectivity index (χ3v) is 3.50. The number of carbonyl (C=O) groups is 2. The van der Waals surface area contributed by atoms with Gasteiger partial charge in [0.25, 0.3) is 5.91 Å². The molecule has 1 aromatic carbocycles. The highest BCUT2D eigenvalue weighted by atomic mass is 16.2. The lowest BCUT2D eigenvalue weighted by Gasteiger charge is -2.22. The summed E-state index contributed by atoms with van der Waals surface area (Å²) in [6.07, 6.45) is 0.721. The summed E-state index contributed by atoms with van der Waals surface area (Å²) in [4.78, 5) is 24.7. The van der Waals surface area contributed by atoms with Crippen molar-refractivity contribution in [2.75, 3.05) is 5.32 Å². The Kier molecular flexibility index (Phi) is 2.89. The maximum atomic E-state index is 12.5. The van der Waals surface area contributed by atoms with Crippen LogP contribution in [0, 0.1) is 6.92 Å². The van der Waals surface area contributed by atoms with Crippen LogP contribution in [0.1, 0.15) is 34.5 Å². The fourth-order valence-corrected chi connectivity index (χ4v) is 2.35. The fraction of sp³-hybridized carbons (Fsp3) is 0.267. The lowest BCUT2D eigenvalue weighted by atomic mass is 9.95. The van der Waals surface area contributed by atoms with E-state index in [0.29, 0.717) is 11.4 Å². The molecule has 0 bridgehead atoms. The van der Waals surface area contributed by atoms with Crippen LogP contribution in [-0.4, -0.2) is 21.6 Å². The molecular weight excluding hydrogens is 254 g/mol. The maximum absolute atomic E-state index is 12.5. The van der Waals surface area contributed by atoms with Crippen molar-refractivity contribution >= 4 is 17.6 Å². The summed E-state index contributed by atoms with van der Waals surface area (Å²) in [5.41, 5.74) is 2.57. The summed E-state index contributed by atoms with van der Waals surface area (Å²) in [6.45, 7) is 3.92. The van der Waals surface area contributed by atoms with Crippen LogP contribution < -0.4 is 5.32 Å². The third-order valence-electron chi connectivity index (χ3n) is 3.50. The Morgan fingerprint density at radius 2 is 1.95 bits per heavy atom. The van der Waals surface area contributed by atoms with Gasteiger partial charge in [0.1, 0.15) is 11.7 Å². The smallest absolute Gasteiger partial charge is 0.265 e. The zero-order valence-corrected chi connectivity index (χ0v) is 11.4. The summed E-state index contributed by atoms with van der Waals surface area (Å²) in [5, 5.41) is 6.98. The van der Waals surface area contributed by atoms with Crippen molar-refractivity contribution in [1.29, 1.82) is 0 Å².